The van der Waals surface area contributed by atoms with E-state index in [4.69, 9.17) is 4.74 Å². The average molecular weight is 326 g/mol. The summed E-state index contributed by atoms with van der Waals surface area (Å²) in [6.45, 7) is 8.60. The van der Waals surface area contributed by atoms with E-state index >= 15 is 0 Å². The van der Waals surface area contributed by atoms with E-state index in [1.54, 1.807) is 13.8 Å². The molecule has 0 amide bonds. The molecule has 0 N–H and O–H groups in total. The molecule has 0 unspecified atom stereocenters. The zero-order valence-corrected chi connectivity index (χ0v) is 13.9. The summed E-state index contributed by atoms with van der Waals surface area (Å²) in [7, 11) is 0. The number of ether oxygens (including phenoxy) is 1. The van der Waals surface area contributed by atoms with Crippen LogP contribution in [0, 0.1) is 17.8 Å². The Bertz CT molecular complexity index is 798. The molecule has 2 rings (SSSR count). The standard InChI is InChI=1S/C19H19FN2O2/c1-5-6-12-19(3,4)24-18(23)16-17(20)21-13-22(16)14(2)15-10-8-7-9-11-15/h5,7-11,13-14H,1H2,2-4H3/t14-/m1/s1. The summed E-state index contributed by atoms with van der Waals surface area (Å²) in [5.41, 5.74) is -0.363. The maximum absolute atomic E-state index is 14.1. The molecule has 1 atom stereocenters. The summed E-state index contributed by atoms with van der Waals surface area (Å²) in [4.78, 5) is 16.1. The molecular weight excluding hydrogens is 307 g/mol. The number of carbonyl (C=O) groups is 1. The van der Waals surface area contributed by atoms with Crippen molar-refractivity contribution in [1.29, 1.82) is 0 Å². The Morgan fingerprint density at radius 2 is 2.08 bits per heavy atom. The summed E-state index contributed by atoms with van der Waals surface area (Å²) in [6, 6.07) is 9.18. The van der Waals surface area contributed by atoms with Crippen molar-refractivity contribution in [3.05, 3.63) is 66.5 Å². The maximum atomic E-state index is 14.1. The molecule has 0 aliphatic carbocycles. The lowest BCUT2D eigenvalue weighted by Gasteiger charge is -2.21. The van der Waals surface area contributed by atoms with Gasteiger partial charge >= 0.3 is 5.97 Å². The predicted octanol–water partition coefficient (Wildman–Crippen LogP) is 3.76. The lowest BCUT2D eigenvalue weighted by Crippen LogP contribution is -2.28. The SMILES string of the molecule is C=CC#CC(C)(C)OC(=O)c1c(F)ncn1[C@H](C)c1ccccc1. The van der Waals surface area contributed by atoms with Crippen LogP contribution in [0.2, 0.25) is 0 Å². The highest BCUT2D eigenvalue weighted by atomic mass is 19.1. The number of esters is 1. The Morgan fingerprint density at radius 3 is 2.71 bits per heavy atom. The average Bonchev–Trinajstić information content (AvgIpc) is 2.94. The molecule has 0 aliphatic heterocycles. The van der Waals surface area contributed by atoms with Gasteiger partial charge in [0, 0.05) is 0 Å². The number of imidazole rings is 1. The van der Waals surface area contributed by atoms with Crippen molar-refractivity contribution in [2.45, 2.75) is 32.4 Å². The number of carbonyl (C=O) groups excluding carboxylic acids is 1. The van der Waals surface area contributed by atoms with Crippen LogP contribution in [0.25, 0.3) is 0 Å². The molecule has 5 heteroatoms. The van der Waals surface area contributed by atoms with E-state index in [0.29, 0.717) is 0 Å². The van der Waals surface area contributed by atoms with Crippen molar-refractivity contribution in [3.63, 3.8) is 0 Å². The van der Waals surface area contributed by atoms with Crippen LogP contribution in [-0.2, 0) is 4.74 Å². The zero-order chi connectivity index (χ0) is 17.7. The van der Waals surface area contributed by atoms with Crippen molar-refractivity contribution in [2.24, 2.45) is 0 Å². The van der Waals surface area contributed by atoms with Crippen LogP contribution in [0.5, 0.6) is 0 Å². The Hall–Kier alpha value is -2.87. The number of rotatable bonds is 4. The van der Waals surface area contributed by atoms with E-state index in [1.165, 1.54) is 17.0 Å². The van der Waals surface area contributed by atoms with Gasteiger partial charge in [0.15, 0.2) is 11.3 Å². The molecule has 1 aromatic carbocycles. The Balaban J connectivity index is 2.33. The summed E-state index contributed by atoms with van der Waals surface area (Å²) in [5, 5.41) is 0. The quantitative estimate of drug-likeness (QED) is 0.635. The minimum atomic E-state index is -1.07. The van der Waals surface area contributed by atoms with Gasteiger partial charge in [0.2, 0.25) is 5.95 Å². The maximum Gasteiger partial charge on any atom is 0.361 e. The van der Waals surface area contributed by atoms with Gasteiger partial charge < -0.3 is 9.30 Å². The normalized spacial score (nSPS) is 12.0. The van der Waals surface area contributed by atoms with Crippen molar-refractivity contribution in [2.75, 3.05) is 0 Å². The van der Waals surface area contributed by atoms with E-state index in [1.807, 2.05) is 37.3 Å². The highest BCUT2D eigenvalue weighted by Crippen LogP contribution is 2.22. The monoisotopic (exact) mass is 326 g/mol. The van der Waals surface area contributed by atoms with Gasteiger partial charge in [-0.3, -0.25) is 0 Å². The van der Waals surface area contributed by atoms with Crippen LogP contribution in [0.15, 0.2) is 49.3 Å². The third-order valence-electron chi connectivity index (χ3n) is 3.46. The number of allylic oxidation sites excluding steroid dienone is 1. The van der Waals surface area contributed by atoms with Crippen LogP contribution in [0.3, 0.4) is 0 Å². The molecule has 24 heavy (non-hydrogen) atoms. The van der Waals surface area contributed by atoms with Crippen molar-refractivity contribution >= 4 is 5.97 Å². The molecule has 0 aliphatic rings. The van der Waals surface area contributed by atoms with Crippen LogP contribution in [-0.4, -0.2) is 21.1 Å². The molecule has 2 aromatic rings. The predicted molar refractivity (Wildman–Crippen MR) is 89.9 cm³/mol. The first-order chi connectivity index (χ1) is 11.4. The van der Waals surface area contributed by atoms with Crippen LogP contribution in [0.1, 0.15) is 42.9 Å². The van der Waals surface area contributed by atoms with Gasteiger partial charge in [0.05, 0.1) is 12.4 Å². The number of nitrogens with zero attached hydrogens (tertiary/aromatic N) is 2. The van der Waals surface area contributed by atoms with Crippen LogP contribution >= 0.6 is 0 Å². The van der Waals surface area contributed by atoms with E-state index in [9.17, 15) is 9.18 Å². The first kappa shape index (κ1) is 17.5. The minimum Gasteiger partial charge on any atom is -0.442 e. The second-order valence-electron chi connectivity index (χ2n) is 5.75. The largest absolute Gasteiger partial charge is 0.442 e. The number of halogens is 1. The third kappa shape index (κ3) is 3.90. The molecule has 1 aromatic heterocycles. The number of hydrogen-bond acceptors (Lipinski definition) is 3. The van der Waals surface area contributed by atoms with E-state index < -0.39 is 17.5 Å². The fourth-order valence-electron chi connectivity index (χ4n) is 2.24. The van der Waals surface area contributed by atoms with Gasteiger partial charge in [-0.25, -0.2) is 9.78 Å². The third-order valence-corrected chi connectivity index (χ3v) is 3.46. The van der Waals surface area contributed by atoms with Crippen molar-refractivity contribution in [1.82, 2.24) is 9.55 Å². The summed E-state index contributed by atoms with van der Waals surface area (Å²) in [6.07, 6.45) is 2.70. The second kappa shape index (κ2) is 7.14. The highest BCUT2D eigenvalue weighted by molar-refractivity contribution is 5.88. The van der Waals surface area contributed by atoms with E-state index in [0.717, 1.165) is 5.56 Å². The Kier molecular flexibility index (Phi) is 5.20. The minimum absolute atomic E-state index is 0.222. The number of aromatic nitrogens is 2. The molecule has 0 fully saturated rings. The van der Waals surface area contributed by atoms with E-state index in [-0.39, 0.29) is 11.7 Å². The van der Waals surface area contributed by atoms with Gasteiger partial charge in [-0.2, -0.15) is 4.39 Å². The van der Waals surface area contributed by atoms with E-state index in [2.05, 4.69) is 23.4 Å². The number of hydrogen-bond donors (Lipinski definition) is 0. The zero-order valence-electron chi connectivity index (χ0n) is 13.9. The van der Waals surface area contributed by atoms with Gasteiger partial charge in [0.1, 0.15) is 0 Å². The molecular formula is C19H19FN2O2. The molecule has 1 heterocycles. The topological polar surface area (TPSA) is 44.1 Å². The highest BCUT2D eigenvalue weighted by Gasteiger charge is 2.28. The lowest BCUT2D eigenvalue weighted by atomic mass is 10.1. The van der Waals surface area contributed by atoms with Crippen LogP contribution < -0.4 is 0 Å². The molecule has 124 valence electrons. The van der Waals surface area contributed by atoms with Gasteiger partial charge in [0.25, 0.3) is 0 Å². The lowest BCUT2D eigenvalue weighted by molar-refractivity contribution is 0.0185. The Labute approximate surface area is 141 Å². The Morgan fingerprint density at radius 1 is 1.42 bits per heavy atom. The fraction of sp³-hybridized carbons (Fsp3) is 0.263. The molecule has 4 nitrogen and oxygen atoms in total. The fourth-order valence-corrected chi connectivity index (χ4v) is 2.24. The van der Waals surface area contributed by atoms with Crippen LogP contribution in [0.4, 0.5) is 4.39 Å². The molecule has 0 radical (unpaired) electrons. The molecule has 0 saturated carbocycles. The summed E-state index contributed by atoms with van der Waals surface area (Å²) < 4.78 is 20.9. The number of benzene rings is 1. The molecule has 0 saturated heterocycles. The molecule has 0 spiro atoms. The molecule has 0 bridgehead atoms. The van der Waals surface area contributed by atoms with Gasteiger partial charge in [-0.05, 0) is 32.4 Å². The first-order valence-corrected chi connectivity index (χ1v) is 7.50. The summed E-state index contributed by atoms with van der Waals surface area (Å²) in [5.74, 6) is 3.70. The van der Waals surface area contributed by atoms with Gasteiger partial charge in [-0.15, -0.1) is 0 Å². The smallest absolute Gasteiger partial charge is 0.361 e. The van der Waals surface area contributed by atoms with Crippen molar-refractivity contribution < 1.29 is 13.9 Å². The second-order valence-corrected chi connectivity index (χ2v) is 5.75. The van der Waals surface area contributed by atoms with Gasteiger partial charge in [-0.1, -0.05) is 48.8 Å². The van der Waals surface area contributed by atoms with Crippen molar-refractivity contribution in [3.8, 4) is 11.8 Å². The summed E-state index contributed by atoms with van der Waals surface area (Å²) >= 11 is 0. The first-order valence-electron chi connectivity index (χ1n) is 7.50.